The second-order valence-corrected chi connectivity index (χ2v) is 5.65. The molecule has 2 N–H and O–H groups in total. The second kappa shape index (κ2) is 5.95. The lowest BCUT2D eigenvalue weighted by Gasteiger charge is -2.16. The smallest absolute Gasteiger partial charge is 0.326 e. The molecule has 0 aliphatic carbocycles. The molecule has 6 heteroatoms. The van der Waals surface area contributed by atoms with Gasteiger partial charge >= 0.3 is 5.97 Å². The molecule has 1 aromatic rings. The number of carbonyl (C=O) groups excluding carboxylic acids is 1. The summed E-state index contributed by atoms with van der Waals surface area (Å²) in [6.07, 6.45) is 0. The van der Waals surface area contributed by atoms with E-state index in [4.69, 9.17) is 5.11 Å². The van der Waals surface area contributed by atoms with Crippen LogP contribution in [0.15, 0.2) is 5.38 Å². The number of carboxylic acid groups (broad SMARTS) is 1. The molecule has 1 unspecified atom stereocenters. The molecule has 0 saturated carbocycles. The van der Waals surface area contributed by atoms with E-state index in [2.05, 4.69) is 10.3 Å². The Balaban J connectivity index is 2.77. The first kappa shape index (κ1) is 14.6. The lowest BCUT2D eigenvalue weighted by atomic mass is 10.0. The molecule has 1 amide bonds. The minimum Gasteiger partial charge on any atom is -0.480 e. The Morgan fingerprint density at radius 1 is 1.33 bits per heavy atom. The van der Waals surface area contributed by atoms with Crippen LogP contribution in [0.3, 0.4) is 0 Å². The highest BCUT2D eigenvalue weighted by Crippen LogP contribution is 2.19. The Labute approximate surface area is 110 Å². The maximum absolute atomic E-state index is 11.9. The first-order chi connectivity index (χ1) is 8.32. The van der Waals surface area contributed by atoms with Gasteiger partial charge in [-0.25, -0.2) is 9.78 Å². The van der Waals surface area contributed by atoms with Gasteiger partial charge in [-0.1, -0.05) is 27.7 Å². The van der Waals surface area contributed by atoms with Crippen molar-refractivity contribution in [2.45, 2.75) is 39.7 Å². The number of nitrogens with one attached hydrogen (secondary N) is 1. The number of aromatic nitrogens is 1. The predicted octanol–water partition coefficient (Wildman–Crippen LogP) is 2.11. The molecule has 0 bridgehead atoms. The van der Waals surface area contributed by atoms with Crippen LogP contribution in [0.1, 0.15) is 49.1 Å². The average Bonchev–Trinajstić information content (AvgIpc) is 2.73. The van der Waals surface area contributed by atoms with E-state index in [0.29, 0.717) is 0 Å². The summed E-state index contributed by atoms with van der Waals surface area (Å²) in [5.41, 5.74) is 0.288. The van der Waals surface area contributed by atoms with Crippen LogP contribution in [0.5, 0.6) is 0 Å². The van der Waals surface area contributed by atoms with Crippen LogP contribution < -0.4 is 5.32 Å². The standard InChI is InChI=1S/C12H18N2O3S/c1-6(2)9(12(16)17)14-10(15)8-5-18-11(13-8)7(3)4/h5-7,9H,1-4H3,(H,14,15)(H,16,17). The Kier molecular flexibility index (Phi) is 4.84. The van der Waals surface area contributed by atoms with Gasteiger partial charge in [-0.2, -0.15) is 0 Å². The van der Waals surface area contributed by atoms with Crippen LogP contribution in [0.4, 0.5) is 0 Å². The average molecular weight is 270 g/mol. The number of thiazole rings is 1. The van der Waals surface area contributed by atoms with Gasteiger partial charge in [0, 0.05) is 11.3 Å². The van der Waals surface area contributed by atoms with Gasteiger partial charge < -0.3 is 10.4 Å². The highest BCUT2D eigenvalue weighted by atomic mass is 32.1. The molecule has 0 radical (unpaired) electrons. The zero-order valence-corrected chi connectivity index (χ0v) is 11.7. The number of carboxylic acids is 1. The largest absolute Gasteiger partial charge is 0.480 e. The van der Waals surface area contributed by atoms with Gasteiger partial charge in [-0.3, -0.25) is 4.79 Å². The summed E-state index contributed by atoms with van der Waals surface area (Å²) in [5, 5.41) is 14.0. The maximum Gasteiger partial charge on any atom is 0.326 e. The van der Waals surface area contributed by atoms with Crippen LogP contribution in [-0.4, -0.2) is 28.0 Å². The third-order valence-electron chi connectivity index (χ3n) is 2.47. The Morgan fingerprint density at radius 2 is 1.94 bits per heavy atom. The first-order valence-electron chi connectivity index (χ1n) is 5.82. The van der Waals surface area contributed by atoms with Crippen LogP contribution in [0.2, 0.25) is 0 Å². The van der Waals surface area contributed by atoms with Gasteiger partial charge in [0.05, 0.1) is 5.01 Å². The summed E-state index contributed by atoms with van der Waals surface area (Å²) in [5.74, 6) is -1.37. The maximum atomic E-state index is 11.9. The number of hydrogen-bond donors (Lipinski definition) is 2. The van der Waals surface area contributed by atoms with Gasteiger partial charge in [-0.15, -0.1) is 11.3 Å². The zero-order valence-electron chi connectivity index (χ0n) is 10.9. The summed E-state index contributed by atoms with van der Waals surface area (Å²) in [7, 11) is 0. The van der Waals surface area contributed by atoms with E-state index in [1.165, 1.54) is 11.3 Å². The minimum absolute atomic E-state index is 0.172. The normalized spacial score (nSPS) is 12.8. The Hall–Kier alpha value is -1.43. The van der Waals surface area contributed by atoms with Gasteiger partial charge in [0.15, 0.2) is 0 Å². The van der Waals surface area contributed by atoms with Crippen molar-refractivity contribution in [2.24, 2.45) is 5.92 Å². The zero-order chi connectivity index (χ0) is 13.9. The second-order valence-electron chi connectivity index (χ2n) is 4.76. The summed E-state index contributed by atoms with van der Waals surface area (Å²) < 4.78 is 0. The third kappa shape index (κ3) is 3.53. The minimum atomic E-state index is -1.03. The molecule has 0 aliphatic rings. The first-order valence-corrected chi connectivity index (χ1v) is 6.70. The van der Waals surface area contributed by atoms with E-state index < -0.39 is 17.9 Å². The van der Waals surface area contributed by atoms with Crippen molar-refractivity contribution >= 4 is 23.2 Å². The van der Waals surface area contributed by atoms with Gasteiger partial charge in [0.2, 0.25) is 0 Å². The van der Waals surface area contributed by atoms with Crippen molar-refractivity contribution < 1.29 is 14.7 Å². The number of nitrogens with zero attached hydrogens (tertiary/aromatic N) is 1. The molecule has 100 valence electrons. The predicted molar refractivity (Wildman–Crippen MR) is 69.9 cm³/mol. The van der Waals surface area contributed by atoms with E-state index in [-0.39, 0.29) is 17.5 Å². The molecule has 1 aromatic heterocycles. The van der Waals surface area contributed by atoms with Crippen molar-refractivity contribution in [3.63, 3.8) is 0 Å². The van der Waals surface area contributed by atoms with E-state index in [1.54, 1.807) is 19.2 Å². The summed E-state index contributed by atoms with van der Waals surface area (Å²) in [6.45, 7) is 7.49. The fourth-order valence-electron chi connectivity index (χ4n) is 1.39. The lowest BCUT2D eigenvalue weighted by molar-refractivity contribution is -0.140. The van der Waals surface area contributed by atoms with Crippen molar-refractivity contribution in [3.8, 4) is 0 Å². The van der Waals surface area contributed by atoms with Crippen LogP contribution in [-0.2, 0) is 4.79 Å². The van der Waals surface area contributed by atoms with E-state index in [9.17, 15) is 9.59 Å². The van der Waals surface area contributed by atoms with Crippen molar-refractivity contribution in [1.29, 1.82) is 0 Å². The van der Waals surface area contributed by atoms with Crippen molar-refractivity contribution in [1.82, 2.24) is 10.3 Å². The number of rotatable bonds is 5. The van der Waals surface area contributed by atoms with E-state index >= 15 is 0 Å². The molecule has 0 saturated heterocycles. The molecule has 0 aromatic carbocycles. The molecule has 1 heterocycles. The third-order valence-corrected chi connectivity index (χ3v) is 3.61. The summed E-state index contributed by atoms with van der Waals surface area (Å²) >= 11 is 1.41. The summed E-state index contributed by atoms with van der Waals surface area (Å²) in [6, 6.07) is -0.887. The molecule has 0 fully saturated rings. The molecule has 1 rings (SSSR count). The molecule has 0 spiro atoms. The quantitative estimate of drug-likeness (QED) is 0.858. The fourth-order valence-corrected chi connectivity index (χ4v) is 2.20. The monoisotopic (exact) mass is 270 g/mol. The Morgan fingerprint density at radius 3 is 2.33 bits per heavy atom. The number of carbonyl (C=O) groups is 2. The number of aliphatic carboxylic acids is 1. The van der Waals surface area contributed by atoms with Gasteiger partial charge in [0.1, 0.15) is 11.7 Å². The van der Waals surface area contributed by atoms with Crippen molar-refractivity contribution in [3.05, 3.63) is 16.1 Å². The topological polar surface area (TPSA) is 79.3 Å². The highest BCUT2D eigenvalue weighted by molar-refractivity contribution is 7.09. The molecular weight excluding hydrogens is 252 g/mol. The van der Waals surface area contributed by atoms with Crippen LogP contribution >= 0.6 is 11.3 Å². The van der Waals surface area contributed by atoms with E-state index in [0.717, 1.165) is 5.01 Å². The highest BCUT2D eigenvalue weighted by Gasteiger charge is 2.25. The molecule has 5 nitrogen and oxygen atoms in total. The lowest BCUT2D eigenvalue weighted by Crippen LogP contribution is -2.44. The molecule has 0 aliphatic heterocycles. The van der Waals surface area contributed by atoms with Crippen LogP contribution in [0, 0.1) is 5.92 Å². The summed E-state index contributed by atoms with van der Waals surface area (Å²) in [4.78, 5) is 27.1. The molecule has 1 atom stereocenters. The van der Waals surface area contributed by atoms with Crippen LogP contribution in [0.25, 0.3) is 0 Å². The Bertz CT molecular complexity index is 440. The van der Waals surface area contributed by atoms with Gasteiger partial charge in [-0.05, 0) is 5.92 Å². The van der Waals surface area contributed by atoms with E-state index in [1.807, 2.05) is 13.8 Å². The van der Waals surface area contributed by atoms with Crippen molar-refractivity contribution in [2.75, 3.05) is 0 Å². The molecular formula is C12H18N2O3S. The SMILES string of the molecule is CC(C)c1nc(C(=O)NC(C(=O)O)C(C)C)cs1. The number of hydrogen-bond acceptors (Lipinski definition) is 4. The fraction of sp³-hybridized carbons (Fsp3) is 0.583. The van der Waals surface area contributed by atoms with Gasteiger partial charge in [0.25, 0.3) is 5.91 Å². The number of amides is 1. The molecule has 18 heavy (non-hydrogen) atoms.